The van der Waals surface area contributed by atoms with Crippen molar-refractivity contribution in [3.63, 3.8) is 0 Å². The van der Waals surface area contributed by atoms with Gasteiger partial charge in [-0.25, -0.2) is 4.98 Å². The largest absolute Gasteiger partial charge is 0.377 e. The summed E-state index contributed by atoms with van der Waals surface area (Å²) < 4.78 is 5.63. The van der Waals surface area contributed by atoms with E-state index in [1.807, 2.05) is 6.26 Å². The fourth-order valence-corrected chi connectivity index (χ4v) is 2.36. The summed E-state index contributed by atoms with van der Waals surface area (Å²) in [6.45, 7) is 2.90. The number of ether oxygens (including phenoxy) is 1. The minimum Gasteiger partial charge on any atom is -0.377 e. The summed E-state index contributed by atoms with van der Waals surface area (Å²) >= 11 is 1.48. The standard InChI is InChI=1S/C10H16N4OS/c1-3-7-6(4-5-15-7)8-12-9(11)14-10(13-8)16-2/h6-7H,3-5H2,1-2H3,(H2,11,12,13,14). The first kappa shape index (κ1) is 11.6. The van der Waals surface area contributed by atoms with E-state index < -0.39 is 0 Å². The molecule has 0 spiro atoms. The lowest BCUT2D eigenvalue weighted by Gasteiger charge is -2.15. The topological polar surface area (TPSA) is 73.9 Å². The highest BCUT2D eigenvalue weighted by Crippen LogP contribution is 2.31. The summed E-state index contributed by atoms with van der Waals surface area (Å²) in [6.07, 6.45) is 4.10. The van der Waals surface area contributed by atoms with Gasteiger partial charge in [-0.1, -0.05) is 18.7 Å². The van der Waals surface area contributed by atoms with E-state index in [-0.39, 0.29) is 12.0 Å². The first-order valence-electron chi connectivity index (χ1n) is 5.41. The van der Waals surface area contributed by atoms with Crippen LogP contribution >= 0.6 is 11.8 Å². The molecule has 1 fully saturated rings. The highest BCUT2D eigenvalue weighted by atomic mass is 32.2. The van der Waals surface area contributed by atoms with Crippen LogP contribution in [-0.2, 0) is 4.74 Å². The van der Waals surface area contributed by atoms with Crippen LogP contribution in [0.3, 0.4) is 0 Å². The Balaban J connectivity index is 2.28. The van der Waals surface area contributed by atoms with Crippen LogP contribution in [0, 0.1) is 0 Å². The predicted octanol–water partition coefficient (Wildman–Crippen LogP) is 1.46. The highest BCUT2D eigenvalue weighted by Gasteiger charge is 2.31. The number of aromatic nitrogens is 3. The van der Waals surface area contributed by atoms with Gasteiger partial charge < -0.3 is 10.5 Å². The molecule has 0 aromatic carbocycles. The van der Waals surface area contributed by atoms with Crippen LogP contribution < -0.4 is 5.73 Å². The molecule has 88 valence electrons. The lowest BCUT2D eigenvalue weighted by atomic mass is 9.99. The van der Waals surface area contributed by atoms with Gasteiger partial charge in [0.2, 0.25) is 5.95 Å². The highest BCUT2D eigenvalue weighted by molar-refractivity contribution is 7.98. The van der Waals surface area contributed by atoms with Crippen molar-refractivity contribution < 1.29 is 4.74 Å². The van der Waals surface area contributed by atoms with Crippen molar-refractivity contribution in [2.45, 2.75) is 36.9 Å². The summed E-state index contributed by atoms with van der Waals surface area (Å²) in [5, 5.41) is 0.684. The van der Waals surface area contributed by atoms with E-state index in [2.05, 4.69) is 21.9 Å². The van der Waals surface area contributed by atoms with Crippen molar-refractivity contribution >= 4 is 17.7 Å². The number of nitrogen functional groups attached to an aromatic ring is 1. The van der Waals surface area contributed by atoms with Gasteiger partial charge in [0.05, 0.1) is 6.10 Å². The van der Waals surface area contributed by atoms with Gasteiger partial charge in [-0.2, -0.15) is 9.97 Å². The van der Waals surface area contributed by atoms with Crippen molar-refractivity contribution in [2.24, 2.45) is 0 Å². The molecular formula is C10H16N4OS. The molecule has 0 bridgehead atoms. The van der Waals surface area contributed by atoms with Crippen LogP contribution in [-0.4, -0.2) is 33.9 Å². The monoisotopic (exact) mass is 240 g/mol. The molecule has 2 unspecified atom stereocenters. The summed E-state index contributed by atoms with van der Waals surface area (Å²) in [7, 11) is 0. The summed E-state index contributed by atoms with van der Waals surface area (Å²) in [6, 6.07) is 0. The van der Waals surface area contributed by atoms with E-state index >= 15 is 0 Å². The Bertz CT molecular complexity index is 374. The van der Waals surface area contributed by atoms with Gasteiger partial charge in [-0.3, -0.25) is 0 Å². The normalized spacial score (nSPS) is 24.9. The minimum absolute atomic E-state index is 0.219. The van der Waals surface area contributed by atoms with E-state index in [9.17, 15) is 0 Å². The zero-order chi connectivity index (χ0) is 11.5. The van der Waals surface area contributed by atoms with Crippen molar-refractivity contribution in [3.8, 4) is 0 Å². The second kappa shape index (κ2) is 4.97. The van der Waals surface area contributed by atoms with E-state index in [0.717, 1.165) is 25.3 Å². The Morgan fingerprint density at radius 2 is 2.25 bits per heavy atom. The van der Waals surface area contributed by atoms with E-state index in [1.54, 1.807) is 0 Å². The van der Waals surface area contributed by atoms with Gasteiger partial charge in [0.1, 0.15) is 5.82 Å². The molecule has 1 aromatic rings. The van der Waals surface area contributed by atoms with Crippen LogP contribution in [0.2, 0.25) is 0 Å². The maximum Gasteiger partial charge on any atom is 0.224 e. The van der Waals surface area contributed by atoms with Crippen LogP contribution in [0.4, 0.5) is 5.95 Å². The molecule has 16 heavy (non-hydrogen) atoms. The molecule has 2 N–H and O–H groups in total. The number of hydrogen-bond donors (Lipinski definition) is 1. The lowest BCUT2D eigenvalue weighted by molar-refractivity contribution is 0.0993. The number of hydrogen-bond acceptors (Lipinski definition) is 6. The van der Waals surface area contributed by atoms with E-state index in [1.165, 1.54) is 11.8 Å². The SMILES string of the molecule is CCC1OCCC1c1nc(N)nc(SC)n1. The Morgan fingerprint density at radius 3 is 2.94 bits per heavy atom. The van der Waals surface area contributed by atoms with Crippen molar-refractivity contribution in [2.75, 3.05) is 18.6 Å². The van der Waals surface area contributed by atoms with Gasteiger partial charge in [0.15, 0.2) is 5.16 Å². The zero-order valence-corrected chi connectivity index (χ0v) is 10.3. The Morgan fingerprint density at radius 1 is 1.44 bits per heavy atom. The molecule has 2 rings (SSSR count). The van der Waals surface area contributed by atoms with Crippen LogP contribution in [0.5, 0.6) is 0 Å². The molecular weight excluding hydrogens is 224 g/mol. The lowest BCUT2D eigenvalue weighted by Crippen LogP contribution is -2.17. The van der Waals surface area contributed by atoms with Crippen LogP contribution in [0.15, 0.2) is 5.16 Å². The first-order chi connectivity index (χ1) is 7.74. The molecule has 0 saturated carbocycles. The van der Waals surface area contributed by atoms with Crippen LogP contribution in [0.25, 0.3) is 0 Å². The minimum atomic E-state index is 0.219. The number of anilines is 1. The average molecular weight is 240 g/mol. The molecule has 1 saturated heterocycles. The van der Waals surface area contributed by atoms with Gasteiger partial charge in [-0.15, -0.1) is 0 Å². The van der Waals surface area contributed by atoms with Gasteiger partial charge >= 0.3 is 0 Å². The molecule has 5 nitrogen and oxygen atoms in total. The smallest absolute Gasteiger partial charge is 0.224 e. The molecule has 0 amide bonds. The van der Waals surface area contributed by atoms with Crippen molar-refractivity contribution in [3.05, 3.63) is 5.82 Å². The molecule has 1 aromatic heterocycles. The summed E-state index contributed by atoms with van der Waals surface area (Å²) in [4.78, 5) is 12.7. The van der Waals surface area contributed by atoms with Gasteiger partial charge in [0, 0.05) is 12.5 Å². The Hall–Kier alpha value is -0.880. The summed E-state index contributed by atoms with van der Waals surface area (Å²) in [5.41, 5.74) is 5.67. The van der Waals surface area contributed by atoms with Crippen molar-refractivity contribution in [1.82, 2.24) is 15.0 Å². The predicted molar refractivity (Wildman–Crippen MR) is 63.4 cm³/mol. The molecule has 0 aliphatic carbocycles. The van der Waals surface area contributed by atoms with Gasteiger partial charge in [0.25, 0.3) is 0 Å². The van der Waals surface area contributed by atoms with E-state index in [4.69, 9.17) is 10.5 Å². The second-order valence-electron chi connectivity index (χ2n) is 3.75. The number of nitrogens with zero attached hydrogens (tertiary/aromatic N) is 3. The average Bonchev–Trinajstić information content (AvgIpc) is 2.76. The maximum atomic E-state index is 5.67. The number of rotatable bonds is 3. The maximum absolute atomic E-state index is 5.67. The first-order valence-corrected chi connectivity index (χ1v) is 6.64. The van der Waals surface area contributed by atoms with Gasteiger partial charge in [-0.05, 0) is 19.1 Å². The quantitative estimate of drug-likeness (QED) is 0.806. The summed E-state index contributed by atoms with van der Waals surface area (Å²) in [5.74, 6) is 1.35. The molecule has 1 aliphatic rings. The Kier molecular flexibility index (Phi) is 3.60. The molecule has 0 radical (unpaired) electrons. The third-order valence-electron chi connectivity index (χ3n) is 2.78. The fraction of sp³-hybridized carbons (Fsp3) is 0.700. The molecule has 1 aliphatic heterocycles. The third kappa shape index (κ3) is 2.27. The van der Waals surface area contributed by atoms with Crippen LogP contribution in [0.1, 0.15) is 31.5 Å². The molecule has 2 heterocycles. The second-order valence-corrected chi connectivity index (χ2v) is 4.52. The molecule has 2 atom stereocenters. The molecule has 6 heteroatoms. The third-order valence-corrected chi connectivity index (χ3v) is 3.32. The van der Waals surface area contributed by atoms with E-state index in [0.29, 0.717) is 11.1 Å². The fourth-order valence-electron chi connectivity index (χ4n) is 1.99. The van der Waals surface area contributed by atoms with Crippen molar-refractivity contribution in [1.29, 1.82) is 0 Å². The number of nitrogens with two attached hydrogens (primary N) is 1. The number of thioether (sulfide) groups is 1. The zero-order valence-electron chi connectivity index (χ0n) is 9.51. The Labute approximate surface area is 99.2 Å².